The van der Waals surface area contributed by atoms with Gasteiger partial charge in [-0.3, -0.25) is 0 Å². The van der Waals surface area contributed by atoms with Crippen molar-refractivity contribution >= 4 is 11.6 Å². The van der Waals surface area contributed by atoms with Gasteiger partial charge < -0.3 is 14.8 Å². The number of hydrogen-bond donors (Lipinski definition) is 2. The van der Waals surface area contributed by atoms with Gasteiger partial charge >= 0.3 is 0 Å². The normalized spacial score (nSPS) is 13.1. The molecule has 1 aromatic rings. The van der Waals surface area contributed by atoms with Gasteiger partial charge in [0, 0.05) is 6.54 Å². The summed E-state index contributed by atoms with van der Waals surface area (Å²) in [7, 11) is 0. The summed E-state index contributed by atoms with van der Waals surface area (Å²) >= 11 is 5.61. The fraction of sp³-hybridized carbons (Fsp3) is 0.600. The number of aliphatic hydroxyl groups excluding tert-OH is 1. The zero-order valence-electron chi connectivity index (χ0n) is 8.29. The van der Waals surface area contributed by atoms with Gasteiger partial charge in [-0.25, -0.2) is 0 Å². The van der Waals surface area contributed by atoms with Crippen LogP contribution in [0.3, 0.4) is 0 Å². The predicted octanol–water partition coefficient (Wildman–Crippen LogP) is 2.18. The summed E-state index contributed by atoms with van der Waals surface area (Å²) < 4.78 is 5.15. The minimum absolute atomic E-state index is 0.273. The Balaban J connectivity index is 2.15. The smallest absolute Gasteiger partial charge is 0.193 e. The van der Waals surface area contributed by atoms with E-state index in [0.717, 1.165) is 18.6 Å². The highest BCUT2D eigenvalue weighted by molar-refractivity contribution is 6.28. The fourth-order valence-electron chi connectivity index (χ4n) is 1.24. The molecule has 1 heterocycles. The molecule has 0 radical (unpaired) electrons. The van der Waals surface area contributed by atoms with Gasteiger partial charge in [-0.1, -0.05) is 13.3 Å². The number of hydrogen-bond acceptors (Lipinski definition) is 3. The minimum Gasteiger partial charge on any atom is -0.448 e. The van der Waals surface area contributed by atoms with E-state index >= 15 is 0 Å². The molecule has 0 spiro atoms. The van der Waals surface area contributed by atoms with Gasteiger partial charge in [0.05, 0.1) is 12.6 Å². The maximum absolute atomic E-state index is 9.41. The van der Waals surface area contributed by atoms with Crippen molar-refractivity contribution in [3.63, 3.8) is 0 Å². The first kappa shape index (κ1) is 11.6. The molecular weight excluding hydrogens is 202 g/mol. The SMILES string of the molecule is CCCC(O)CNCc1ccc(Cl)o1. The molecular formula is C10H16ClNO2. The van der Waals surface area contributed by atoms with Crippen molar-refractivity contribution in [1.29, 1.82) is 0 Å². The van der Waals surface area contributed by atoms with Crippen LogP contribution in [0.25, 0.3) is 0 Å². The minimum atomic E-state index is -0.273. The Labute approximate surface area is 89.1 Å². The van der Waals surface area contributed by atoms with E-state index in [9.17, 15) is 5.11 Å². The van der Waals surface area contributed by atoms with Gasteiger partial charge in [0.15, 0.2) is 5.22 Å². The Hall–Kier alpha value is -0.510. The van der Waals surface area contributed by atoms with Crippen molar-refractivity contribution in [3.05, 3.63) is 23.1 Å². The first-order valence-electron chi connectivity index (χ1n) is 4.85. The standard InChI is InChI=1S/C10H16ClNO2/c1-2-3-8(13)6-12-7-9-4-5-10(11)14-9/h4-5,8,12-13H,2-3,6-7H2,1H3. The molecule has 1 rings (SSSR count). The van der Waals surface area contributed by atoms with E-state index in [-0.39, 0.29) is 6.10 Å². The van der Waals surface area contributed by atoms with Crippen LogP contribution in [0.15, 0.2) is 16.5 Å². The lowest BCUT2D eigenvalue weighted by molar-refractivity contribution is 0.159. The number of nitrogens with one attached hydrogen (secondary N) is 1. The van der Waals surface area contributed by atoms with Gasteiger partial charge in [0.25, 0.3) is 0 Å². The van der Waals surface area contributed by atoms with Crippen molar-refractivity contribution in [2.24, 2.45) is 0 Å². The lowest BCUT2D eigenvalue weighted by Crippen LogP contribution is -2.25. The molecule has 14 heavy (non-hydrogen) atoms. The second-order valence-electron chi connectivity index (χ2n) is 3.28. The monoisotopic (exact) mass is 217 g/mol. The van der Waals surface area contributed by atoms with Gasteiger partial charge in [-0.15, -0.1) is 0 Å². The van der Waals surface area contributed by atoms with Crippen LogP contribution in [0.1, 0.15) is 25.5 Å². The highest BCUT2D eigenvalue weighted by Crippen LogP contribution is 2.12. The number of halogens is 1. The second-order valence-corrected chi connectivity index (χ2v) is 3.65. The van der Waals surface area contributed by atoms with Crippen molar-refractivity contribution in [1.82, 2.24) is 5.32 Å². The molecule has 0 amide bonds. The average molecular weight is 218 g/mol. The third-order valence-corrected chi connectivity index (χ3v) is 2.13. The molecule has 80 valence electrons. The number of furan rings is 1. The van der Waals surface area contributed by atoms with E-state index in [1.54, 1.807) is 6.07 Å². The number of rotatable bonds is 6. The lowest BCUT2D eigenvalue weighted by Gasteiger charge is -2.09. The zero-order chi connectivity index (χ0) is 10.4. The Kier molecular flexibility index (Phi) is 5.01. The van der Waals surface area contributed by atoms with E-state index in [2.05, 4.69) is 12.2 Å². The fourth-order valence-corrected chi connectivity index (χ4v) is 1.41. The van der Waals surface area contributed by atoms with Gasteiger partial charge in [0.1, 0.15) is 5.76 Å². The van der Waals surface area contributed by atoms with Crippen molar-refractivity contribution in [2.45, 2.75) is 32.4 Å². The Bertz CT molecular complexity index is 262. The van der Waals surface area contributed by atoms with Crippen LogP contribution in [0.4, 0.5) is 0 Å². The topological polar surface area (TPSA) is 45.4 Å². The van der Waals surface area contributed by atoms with E-state index < -0.39 is 0 Å². The van der Waals surface area contributed by atoms with Gasteiger partial charge in [-0.05, 0) is 30.2 Å². The van der Waals surface area contributed by atoms with Crippen molar-refractivity contribution in [3.8, 4) is 0 Å². The van der Waals surface area contributed by atoms with Crippen molar-refractivity contribution in [2.75, 3.05) is 6.54 Å². The Morgan fingerprint density at radius 3 is 2.93 bits per heavy atom. The first-order chi connectivity index (χ1) is 6.72. The first-order valence-corrected chi connectivity index (χ1v) is 5.23. The average Bonchev–Trinajstić information content (AvgIpc) is 2.52. The maximum Gasteiger partial charge on any atom is 0.193 e. The molecule has 1 unspecified atom stereocenters. The van der Waals surface area contributed by atoms with Crippen LogP contribution < -0.4 is 5.32 Å². The van der Waals surface area contributed by atoms with E-state index in [4.69, 9.17) is 16.0 Å². The summed E-state index contributed by atoms with van der Waals surface area (Å²) in [5, 5.41) is 12.9. The third-order valence-electron chi connectivity index (χ3n) is 1.93. The van der Waals surface area contributed by atoms with E-state index in [0.29, 0.717) is 18.3 Å². The summed E-state index contributed by atoms with van der Waals surface area (Å²) in [6, 6.07) is 3.53. The zero-order valence-corrected chi connectivity index (χ0v) is 9.05. The molecule has 0 saturated carbocycles. The van der Waals surface area contributed by atoms with Gasteiger partial charge in [-0.2, -0.15) is 0 Å². The number of aliphatic hydroxyl groups is 1. The molecule has 1 atom stereocenters. The summed E-state index contributed by atoms with van der Waals surface area (Å²) in [6.07, 6.45) is 1.55. The summed E-state index contributed by atoms with van der Waals surface area (Å²) in [5.74, 6) is 0.790. The molecule has 0 aliphatic carbocycles. The van der Waals surface area contributed by atoms with Crippen LogP contribution >= 0.6 is 11.6 Å². The highest BCUT2D eigenvalue weighted by Gasteiger charge is 2.03. The molecule has 3 nitrogen and oxygen atoms in total. The van der Waals surface area contributed by atoms with Crippen LogP contribution in [-0.2, 0) is 6.54 Å². The lowest BCUT2D eigenvalue weighted by atomic mass is 10.2. The molecule has 2 N–H and O–H groups in total. The molecule has 0 bridgehead atoms. The quantitative estimate of drug-likeness (QED) is 0.768. The van der Waals surface area contributed by atoms with Crippen LogP contribution in [0, 0.1) is 0 Å². The summed E-state index contributed by atoms with van der Waals surface area (Å²) in [6.45, 7) is 3.25. The molecule has 0 aromatic carbocycles. The predicted molar refractivity (Wildman–Crippen MR) is 56.3 cm³/mol. The van der Waals surface area contributed by atoms with Crippen LogP contribution in [0.5, 0.6) is 0 Å². The molecule has 0 aliphatic heterocycles. The van der Waals surface area contributed by atoms with Gasteiger partial charge in [0.2, 0.25) is 0 Å². The maximum atomic E-state index is 9.41. The third kappa shape index (κ3) is 4.13. The molecule has 1 aromatic heterocycles. The largest absolute Gasteiger partial charge is 0.448 e. The highest BCUT2D eigenvalue weighted by atomic mass is 35.5. The van der Waals surface area contributed by atoms with Crippen molar-refractivity contribution < 1.29 is 9.52 Å². The van der Waals surface area contributed by atoms with E-state index in [1.165, 1.54) is 0 Å². The van der Waals surface area contributed by atoms with E-state index in [1.807, 2.05) is 6.07 Å². The molecule has 0 fully saturated rings. The Morgan fingerprint density at radius 1 is 1.57 bits per heavy atom. The second kappa shape index (κ2) is 6.06. The molecule has 0 saturated heterocycles. The molecule has 4 heteroatoms. The summed E-state index contributed by atoms with van der Waals surface area (Å²) in [5.41, 5.74) is 0. The summed E-state index contributed by atoms with van der Waals surface area (Å²) in [4.78, 5) is 0. The molecule has 0 aliphatic rings. The van der Waals surface area contributed by atoms with Crippen LogP contribution in [0.2, 0.25) is 5.22 Å². The Morgan fingerprint density at radius 2 is 2.36 bits per heavy atom. The van der Waals surface area contributed by atoms with Crippen LogP contribution in [-0.4, -0.2) is 17.8 Å².